The molecule has 0 N–H and O–H groups in total. The Bertz CT molecular complexity index is 564. The van der Waals surface area contributed by atoms with Gasteiger partial charge in [0.2, 0.25) is 0 Å². The second-order valence-corrected chi connectivity index (χ2v) is 7.19. The number of allylic oxidation sites excluding steroid dienone is 5. The van der Waals surface area contributed by atoms with E-state index in [-0.39, 0.29) is 5.41 Å². The van der Waals surface area contributed by atoms with Crippen LogP contribution >= 0.6 is 0 Å². The van der Waals surface area contributed by atoms with Crippen molar-refractivity contribution in [2.24, 2.45) is 17.3 Å². The molecule has 0 heteroatoms. The van der Waals surface area contributed by atoms with Crippen LogP contribution in [0.2, 0.25) is 0 Å². The van der Waals surface area contributed by atoms with Gasteiger partial charge in [0, 0.05) is 5.92 Å². The average molecular weight is 280 g/mol. The summed E-state index contributed by atoms with van der Waals surface area (Å²) in [5.41, 5.74) is 5.68. The quantitative estimate of drug-likeness (QED) is 0.570. The minimum absolute atomic E-state index is 0.171. The fourth-order valence-corrected chi connectivity index (χ4v) is 3.23. The lowest BCUT2D eigenvalue weighted by molar-refractivity contribution is 0.378. The maximum atomic E-state index is 4.42. The SMILES string of the molecule is C=C(C(CC)C1C=C(c2ccccc2)C=C1C)C(C)(C)C. The maximum Gasteiger partial charge on any atom is 0.00520 e. The van der Waals surface area contributed by atoms with E-state index in [4.69, 9.17) is 0 Å². The van der Waals surface area contributed by atoms with Crippen molar-refractivity contribution in [1.29, 1.82) is 0 Å². The van der Waals surface area contributed by atoms with E-state index in [0.29, 0.717) is 11.8 Å². The third-order valence-corrected chi connectivity index (χ3v) is 4.66. The largest absolute Gasteiger partial charge is 0.0990 e. The van der Waals surface area contributed by atoms with Crippen LogP contribution in [0, 0.1) is 17.3 Å². The van der Waals surface area contributed by atoms with Gasteiger partial charge in [-0.15, -0.1) is 0 Å². The molecule has 0 aromatic heterocycles. The lowest BCUT2D eigenvalue weighted by Gasteiger charge is -2.33. The maximum absolute atomic E-state index is 4.42. The minimum Gasteiger partial charge on any atom is -0.0990 e. The Morgan fingerprint density at radius 2 is 1.81 bits per heavy atom. The number of hydrogen-bond acceptors (Lipinski definition) is 0. The molecule has 1 aromatic rings. The molecule has 0 bridgehead atoms. The highest BCUT2D eigenvalue weighted by atomic mass is 14.3. The summed E-state index contributed by atoms with van der Waals surface area (Å²) in [5, 5.41) is 0. The van der Waals surface area contributed by atoms with Crippen LogP contribution in [0.3, 0.4) is 0 Å². The molecule has 0 radical (unpaired) electrons. The summed E-state index contributed by atoms with van der Waals surface area (Å²) in [6, 6.07) is 10.7. The van der Waals surface area contributed by atoms with Gasteiger partial charge in [-0.1, -0.05) is 87.9 Å². The summed E-state index contributed by atoms with van der Waals surface area (Å²) in [5.74, 6) is 1.03. The van der Waals surface area contributed by atoms with E-state index in [0.717, 1.165) is 6.42 Å². The summed E-state index contributed by atoms with van der Waals surface area (Å²) in [7, 11) is 0. The van der Waals surface area contributed by atoms with Crippen LogP contribution in [0.5, 0.6) is 0 Å². The molecule has 0 aliphatic heterocycles. The smallest absolute Gasteiger partial charge is 0.00520 e. The second-order valence-electron chi connectivity index (χ2n) is 7.19. The van der Waals surface area contributed by atoms with Crippen LogP contribution in [0.15, 0.2) is 60.2 Å². The molecular formula is C21H28. The van der Waals surface area contributed by atoms with E-state index in [1.165, 1.54) is 22.3 Å². The van der Waals surface area contributed by atoms with Crippen molar-refractivity contribution in [3.63, 3.8) is 0 Å². The third kappa shape index (κ3) is 3.37. The molecule has 2 unspecified atom stereocenters. The Balaban J connectivity index is 2.31. The zero-order chi connectivity index (χ0) is 15.6. The lowest BCUT2D eigenvalue weighted by Crippen LogP contribution is -2.22. The van der Waals surface area contributed by atoms with Crippen molar-refractivity contribution < 1.29 is 0 Å². The molecule has 1 aliphatic carbocycles. The third-order valence-electron chi connectivity index (χ3n) is 4.66. The first kappa shape index (κ1) is 15.8. The van der Waals surface area contributed by atoms with Crippen LogP contribution in [-0.2, 0) is 0 Å². The zero-order valence-electron chi connectivity index (χ0n) is 14.1. The highest BCUT2D eigenvalue weighted by Gasteiger charge is 2.30. The van der Waals surface area contributed by atoms with E-state index in [1.807, 2.05) is 0 Å². The van der Waals surface area contributed by atoms with E-state index in [9.17, 15) is 0 Å². The van der Waals surface area contributed by atoms with Crippen molar-refractivity contribution in [3.8, 4) is 0 Å². The molecule has 0 saturated carbocycles. The molecule has 1 aromatic carbocycles. The van der Waals surface area contributed by atoms with Gasteiger partial charge in [-0.3, -0.25) is 0 Å². The average Bonchev–Trinajstić information content (AvgIpc) is 2.82. The monoisotopic (exact) mass is 280 g/mol. The molecular weight excluding hydrogens is 252 g/mol. The summed E-state index contributed by atoms with van der Waals surface area (Å²) < 4.78 is 0. The van der Waals surface area contributed by atoms with E-state index in [1.54, 1.807) is 0 Å². The second kappa shape index (κ2) is 6.05. The van der Waals surface area contributed by atoms with Crippen molar-refractivity contribution in [2.45, 2.75) is 41.0 Å². The van der Waals surface area contributed by atoms with Gasteiger partial charge in [0.15, 0.2) is 0 Å². The van der Waals surface area contributed by atoms with Crippen LogP contribution in [-0.4, -0.2) is 0 Å². The lowest BCUT2D eigenvalue weighted by atomic mass is 9.72. The molecule has 0 heterocycles. The first-order valence-electron chi connectivity index (χ1n) is 7.99. The molecule has 0 amide bonds. The van der Waals surface area contributed by atoms with E-state index in [2.05, 4.69) is 83.7 Å². The van der Waals surface area contributed by atoms with Gasteiger partial charge < -0.3 is 0 Å². The van der Waals surface area contributed by atoms with Gasteiger partial charge in [-0.05, 0) is 35.8 Å². The summed E-state index contributed by atoms with van der Waals surface area (Å²) in [6.45, 7) is 15.8. The van der Waals surface area contributed by atoms with Gasteiger partial charge >= 0.3 is 0 Å². The molecule has 2 atom stereocenters. The Morgan fingerprint density at radius 1 is 1.19 bits per heavy atom. The highest BCUT2D eigenvalue weighted by Crippen LogP contribution is 2.43. The Hall–Kier alpha value is -1.56. The Kier molecular flexibility index (Phi) is 4.56. The standard InChI is InChI=1S/C21H28/c1-7-19(16(3)21(4,5)6)20-14-18(13-15(20)2)17-11-9-8-10-12-17/h8-14,19-20H,3,7H2,1-2,4-6H3. The van der Waals surface area contributed by atoms with Crippen molar-refractivity contribution >= 4 is 5.57 Å². The molecule has 112 valence electrons. The Labute approximate surface area is 130 Å². The fraction of sp³-hybridized carbons (Fsp3) is 0.429. The molecule has 2 rings (SSSR count). The van der Waals surface area contributed by atoms with Crippen molar-refractivity contribution in [3.05, 3.63) is 65.8 Å². The van der Waals surface area contributed by atoms with Crippen molar-refractivity contribution in [2.75, 3.05) is 0 Å². The van der Waals surface area contributed by atoms with Gasteiger partial charge in [0.05, 0.1) is 0 Å². The van der Waals surface area contributed by atoms with Crippen LogP contribution < -0.4 is 0 Å². The van der Waals surface area contributed by atoms with E-state index >= 15 is 0 Å². The van der Waals surface area contributed by atoms with Gasteiger partial charge in [-0.25, -0.2) is 0 Å². The van der Waals surface area contributed by atoms with E-state index < -0.39 is 0 Å². The topological polar surface area (TPSA) is 0 Å². The van der Waals surface area contributed by atoms with Gasteiger partial charge in [0.1, 0.15) is 0 Å². The molecule has 1 aliphatic rings. The first-order chi connectivity index (χ1) is 9.84. The normalized spacial score (nSPS) is 20.0. The summed E-state index contributed by atoms with van der Waals surface area (Å²) in [4.78, 5) is 0. The van der Waals surface area contributed by atoms with Crippen LogP contribution in [0.4, 0.5) is 0 Å². The first-order valence-corrected chi connectivity index (χ1v) is 7.99. The van der Waals surface area contributed by atoms with Gasteiger partial charge in [-0.2, -0.15) is 0 Å². The summed E-state index contributed by atoms with van der Waals surface area (Å²) >= 11 is 0. The zero-order valence-corrected chi connectivity index (χ0v) is 14.1. The van der Waals surface area contributed by atoms with Gasteiger partial charge in [0.25, 0.3) is 0 Å². The number of hydrogen-bond donors (Lipinski definition) is 0. The Morgan fingerprint density at radius 3 is 2.33 bits per heavy atom. The fourth-order valence-electron chi connectivity index (χ4n) is 3.23. The predicted molar refractivity (Wildman–Crippen MR) is 94.0 cm³/mol. The summed E-state index contributed by atoms with van der Waals surface area (Å²) in [6.07, 6.45) is 5.93. The number of rotatable bonds is 4. The van der Waals surface area contributed by atoms with Crippen LogP contribution in [0.25, 0.3) is 5.57 Å². The highest BCUT2D eigenvalue weighted by molar-refractivity contribution is 5.78. The molecule has 0 fully saturated rings. The molecule has 21 heavy (non-hydrogen) atoms. The van der Waals surface area contributed by atoms with Crippen LogP contribution in [0.1, 0.15) is 46.6 Å². The molecule has 0 saturated heterocycles. The molecule has 0 spiro atoms. The van der Waals surface area contributed by atoms with Crippen molar-refractivity contribution in [1.82, 2.24) is 0 Å². The molecule has 0 nitrogen and oxygen atoms in total. The minimum atomic E-state index is 0.171. The number of benzene rings is 1. The predicted octanol–water partition coefficient (Wildman–Crippen LogP) is 6.27.